The second-order valence-corrected chi connectivity index (χ2v) is 3.91. The molecule has 10 heteroatoms. The largest absolute Gasteiger partial charge is 0.462 e. The maximum atomic E-state index is 11.5. The predicted octanol–water partition coefficient (Wildman–Crippen LogP) is 2.99. The standard InChI is InChI=1S/C9H6Cl2N2O6/c1-2-19-9(14)4-3-5(12(15)16)7(11)8(6(4)10)13(17)18/h3H,2H2,1H3. The van der Waals surface area contributed by atoms with E-state index in [1.165, 1.54) is 6.92 Å². The fraction of sp³-hybridized carbons (Fsp3) is 0.222. The highest BCUT2D eigenvalue weighted by atomic mass is 35.5. The first-order chi connectivity index (χ1) is 8.81. The molecule has 0 radical (unpaired) electrons. The van der Waals surface area contributed by atoms with Crippen molar-refractivity contribution in [2.75, 3.05) is 6.61 Å². The molecule has 0 spiro atoms. The normalized spacial score (nSPS) is 10.1. The molecule has 1 aromatic rings. The number of carbonyl (C=O) groups excluding carboxylic acids is 1. The first-order valence-corrected chi connectivity index (χ1v) is 5.54. The highest BCUT2D eigenvalue weighted by molar-refractivity contribution is 6.41. The Labute approximate surface area is 116 Å². The van der Waals surface area contributed by atoms with Gasteiger partial charge in [-0.2, -0.15) is 0 Å². The van der Waals surface area contributed by atoms with Gasteiger partial charge in [0, 0.05) is 6.07 Å². The lowest BCUT2D eigenvalue weighted by atomic mass is 10.1. The molecule has 0 unspecified atom stereocenters. The molecular formula is C9H6Cl2N2O6. The summed E-state index contributed by atoms with van der Waals surface area (Å²) in [6, 6.07) is 0.746. The molecule has 0 atom stereocenters. The van der Waals surface area contributed by atoms with Crippen LogP contribution >= 0.6 is 23.2 Å². The third-order valence-electron chi connectivity index (χ3n) is 2.03. The summed E-state index contributed by atoms with van der Waals surface area (Å²) in [5.74, 6) is -1.00. The minimum Gasteiger partial charge on any atom is -0.462 e. The zero-order valence-corrected chi connectivity index (χ0v) is 10.9. The van der Waals surface area contributed by atoms with Crippen LogP contribution in [0.15, 0.2) is 6.07 Å². The summed E-state index contributed by atoms with van der Waals surface area (Å²) in [6.07, 6.45) is 0. The average Bonchev–Trinajstić information content (AvgIpc) is 2.28. The van der Waals surface area contributed by atoms with Crippen LogP contribution in [0.4, 0.5) is 11.4 Å². The molecule has 1 rings (SSSR count). The molecule has 0 aliphatic carbocycles. The van der Waals surface area contributed by atoms with E-state index >= 15 is 0 Å². The van der Waals surface area contributed by atoms with Gasteiger partial charge < -0.3 is 4.74 Å². The predicted molar refractivity (Wildman–Crippen MR) is 65.7 cm³/mol. The summed E-state index contributed by atoms with van der Waals surface area (Å²) < 4.78 is 4.61. The molecule has 0 bridgehead atoms. The summed E-state index contributed by atoms with van der Waals surface area (Å²) in [5, 5.41) is 20.2. The van der Waals surface area contributed by atoms with E-state index in [1.807, 2.05) is 0 Å². The topological polar surface area (TPSA) is 113 Å². The molecule has 0 amide bonds. The molecule has 102 valence electrons. The van der Waals surface area contributed by atoms with Gasteiger partial charge in [-0.1, -0.05) is 23.2 Å². The maximum absolute atomic E-state index is 11.5. The number of hydrogen-bond donors (Lipinski definition) is 0. The monoisotopic (exact) mass is 308 g/mol. The Morgan fingerprint density at radius 2 is 1.84 bits per heavy atom. The zero-order valence-electron chi connectivity index (χ0n) is 9.38. The van der Waals surface area contributed by atoms with Gasteiger partial charge >= 0.3 is 11.7 Å². The maximum Gasteiger partial charge on any atom is 0.340 e. The van der Waals surface area contributed by atoms with Crippen molar-refractivity contribution in [1.82, 2.24) is 0 Å². The third kappa shape index (κ3) is 2.91. The molecule has 0 aliphatic rings. The van der Waals surface area contributed by atoms with E-state index in [2.05, 4.69) is 4.74 Å². The van der Waals surface area contributed by atoms with Crippen molar-refractivity contribution in [3.8, 4) is 0 Å². The van der Waals surface area contributed by atoms with Crippen LogP contribution in [0.25, 0.3) is 0 Å². The third-order valence-corrected chi connectivity index (χ3v) is 2.79. The summed E-state index contributed by atoms with van der Waals surface area (Å²) in [6.45, 7) is 1.49. The van der Waals surface area contributed by atoms with Gasteiger partial charge in [0.15, 0.2) is 5.02 Å². The smallest absolute Gasteiger partial charge is 0.340 e. The van der Waals surface area contributed by atoms with Crippen LogP contribution < -0.4 is 0 Å². The second kappa shape index (κ2) is 5.81. The van der Waals surface area contributed by atoms with Crippen LogP contribution in [0.1, 0.15) is 17.3 Å². The fourth-order valence-electron chi connectivity index (χ4n) is 1.26. The van der Waals surface area contributed by atoms with Crippen LogP contribution in [0.5, 0.6) is 0 Å². The number of hydrogen-bond acceptors (Lipinski definition) is 6. The molecule has 0 saturated heterocycles. The Hall–Kier alpha value is -1.93. The van der Waals surface area contributed by atoms with Crippen LogP contribution in [0, 0.1) is 20.2 Å². The van der Waals surface area contributed by atoms with E-state index in [-0.39, 0.29) is 6.61 Å². The highest BCUT2D eigenvalue weighted by Crippen LogP contribution is 2.41. The van der Waals surface area contributed by atoms with Crippen LogP contribution in [0.2, 0.25) is 10.0 Å². The van der Waals surface area contributed by atoms with Crippen LogP contribution in [0.3, 0.4) is 0 Å². The number of rotatable bonds is 4. The second-order valence-electron chi connectivity index (χ2n) is 3.15. The number of nitro groups is 2. The van der Waals surface area contributed by atoms with Crippen molar-refractivity contribution in [3.05, 3.63) is 41.9 Å². The molecule has 0 saturated carbocycles. The molecule has 0 heterocycles. The van der Waals surface area contributed by atoms with Crippen molar-refractivity contribution in [2.24, 2.45) is 0 Å². The first-order valence-electron chi connectivity index (χ1n) is 4.79. The Kier molecular flexibility index (Phi) is 4.62. The van der Waals surface area contributed by atoms with Gasteiger partial charge in [-0.3, -0.25) is 20.2 Å². The van der Waals surface area contributed by atoms with Crippen LogP contribution in [-0.4, -0.2) is 22.4 Å². The van der Waals surface area contributed by atoms with E-state index in [0.717, 1.165) is 6.07 Å². The van der Waals surface area contributed by atoms with E-state index in [4.69, 9.17) is 23.2 Å². The molecule has 0 aromatic heterocycles. The van der Waals surface area contributed by atoms with E-state index in [0.29, 0.717) is 0 Å². The molecule has 8 nitrogen and oxygen atoms in total. The van der Waals surface area contributed by atoms with Crippen LogP contribution in [-0.2, 0) is 4.74 Å². The van der Waals surface area contributed by atoms with Gasteiger partial charge in [0.2, 0.25) is 0 Å². The number of esters is 1. The summed E-state index contributed by atoms with van der Waals surface area (Å²) in [7, 11) is 0. The van der Waals surface area contributed by atoms with Gasteiger partial charge in [0.05, 0.1) is 22.0 Å². The molecule has 1 aromatic carbocycles. The average molecular weight is 309 g/mol. The van der Waals surface area contributed by atoms with E-state index in [9.17, 15) is 25.0 Å². The SMILES string of the molecule is CCOC(=O)c1cc([N+](=O)[O-])c(Cl)c([N+](=O)[O-])c1Cl. The zero-order chi connectivity index (χ0) is 14.7. The summed E-state index contributed by atoms with van der Waals surface area (Å²) >= 11 is 11.2. The lowest BCUT2D eigenvalue weighted by Gasteiger charge is -2.06. The summed E-state index contributed by atoms with van der Waals surface area (Å²) in [4.78, 5) is 31.1. The van der Waals surface area contributed by atoms with Gasteiger partial charge in [0.1, 0.15) is 5.02 Å². The number of halogens is 2. The quantitative estimate of drug-likeness (QED) is 0.480. The fourth-order valence-corrected chi connectivity index (χ4v) is 1.89. The summed E-state index contributed by atoms with van der Waals surface area (Å²) in [5.41, 5.74) is -2.17. The lowest BCUT2D eigenvalue weighted by Crippen LogP contribution is -2.08. The molecule has 0 aliphatic heterocycles. The number of ether oxygens (including phenoxy) is 1. The molecule has 19 heavy (non-hydrogen) atoms. The van der Waals surface area contributed by atoms with Crippen molar-refractivity contribution < 1.29 is 19.4 Å². The number of carbonyl (C=O) groups is 1. The van der Waals surface area contributed by atoms with Gasteiger partial charge in [-0.05, 0) is 6.92 Å². The number of nitro benzene ring substituents is 2. The minimum atomic E-state index is -1.00. The Balaban J connectivity index is 3.62. The molecule has 0 fully saturated rings. The van der Waals surface area contributed by atoms with E-state index in [1.54, 1.807) is 0 Å². The van der Waals surface area contributed by atoms with Crippen molar-refractivity contribution in [2.45, 2.75) is 6.92 Å². The van der Waals surface area contributed by atoms with Gasteiger partial charge in [-0.15, -0.1) is 0 Å². The van der Waals surface area contributed by atoms with Crippen molar-refractivity contribution >= 4 is 40.5 Å². The highest BCUT2D eigenvalue weighted by Gasteiger charge is 2.32. The van der Waals surface area contributed by atoms with Gasteiger partial charge in [-0.25, -0.2) is 4.79 Å². The Bertz CT molecular complexity index is 574. The van der Waals surface area contributed by atoms with Crippen molar-refractivity contribution in [3.63, 3.8) is 0 Å². The van der Waals surface area contributed by atoms with E-state index < -0.39 is 42.8 Å². The Morgan fingerprint density at radius 3 is 2.26 bits per heavy atom. The molecular weight excluding hydrogens is 303 g/mol. The lowest BCUT2D eigenvalue weighted by molar-refractivity contribution is -0.393. The first kappa shape index (κ1) is 15.1. The number of benzene rings is 1. The number of nitrogens with zero attached hydrogens (tertiary/aromatic N) is 2. The minimum absolute atomic E-state index is 0.0145. The molecule has 0 N–H and O–H groups in total. The van der Waals surface area contributed by atoms with Gasteiger partial charge in [0.25, 0.3) is 5.69 Å². The van der Waals surface area contributed by atoms with Crippen molar-refractivity contribution in [1.29, 1.82) is 0 Å². The Morgan fingerprint density at radius 1 is 1.26 bits per heavy atom.